The van der Waals surface area contributed by atoms with Crippen LogP contribution < -0.4 is 14.8 Å². The van der Waals surface area contributed by atoms with Gasteiger partial charge in [-0.3, -0.25) is 4.31 Å². The summed E-state index contributed by atoms with van der Waals surface area (Å²) < 4.78 is 107. The maximum atomic E-state index is 14.5. The number of benzene rings is 3. The van der Waals surface area contributed by atoms with E-state index in [2.05, 4.69) is 10.2 Å². The van der Waals surface area contributed by atoms with Crippen LogP contribution in [-0.4, -0.2) is 31.3 Å². The number of ether oxygens (including phenoxy) is 1. The summed E-state index contributed by atoms with van der Waals surface area (Å²) in [5.41, 5.74) is -1.26. The number of hydrogen-bond donors (Lipinski definition) is 1. The van der Waals surface area contributed by atoms with Crippen LogP contribution in [0, 0.1) is 11.6 Å². The second-order valence-electron chi connectivity index (χ2n) is 8.65. The van der Waals surface area contributed by atoms with Crippen LogP contribution in [0.3, 0.4) is 0 Å². The Labute approximate surface area is 217 Å². The SMILES string of the molecule is O=c1[nH]nc(CC[C@H]2CN(S(=O)(=O)c3cccc(C(F)(F)F)c3)c3cc(-c4cc(F)ccc4F)ccc3O2)o1. The number of halogens is 5. The number of aryl methyl sites for hydroxylation is 1. The number of anilines is 1. The van der Waals surface area contributed by atoms with Crippen molar-refractivity contribution in [3.8, 4) is 16.9 Å². The molecule has 2 heterocycles. The lowest BCUT2D eigenvalue weighted by Crippen LogP contribution is -2.43. The van der Waals surface area contributed by atoms with Crippen molar-refractivity contribution in [2.45, 2.75) is 30.0 Å². The highest BCUT2D eigenvalue weighted by Crippen LogP contribution is 2.41. The van der Waals surface area contributed by atoms with Gasteiger partial charge in [-0.25, -0.2) is 27.1 Å². The zero-order valence-electron chi connectivity index (χ0n) is 19.7. The molecule has 3 aromatic carbocycles. The molecule has 204 valence electrons. The molecular formula is C25H18F5N3O5S. The van der Waals surface area contributed by atoms with E-state index in [1.165, 1.54) is 18.2 Å². The number of hydrogen-bond acceptors (Lipinski definition) is 6. The minimum Gasteiger partial charge on any atom is -0.486 e. The van der Waals surface area contributed by atoms with Crippen molar-refractivity contribution in [2.24, 2.45) is 0 Å². The zero-order chi connectivity index (χ0) is 27.9. The molecule has 14 heteroatoms. The standard InChI is InChI=1S/C25H18F5N3O5S/c26-16-5-7-20(27)19(12-16)14-4-8-22-21(10-14)33(13-17(37-22)6-9-23-31-32-24(34)38-23)39(35,36)18-3-1-2-15(11-18)25(28,29)30/h1-5,7-8,10-12,17H,6,9,13H2,(H,32,34)/t17-/m0/s1. The lowest BCUT2D eigenvalue weighted by atomic mass is 10.0. The number of aromatic amines is 1. The van der Waals surface area contributed by atoms with Crippen LogP contribution in [0.2, 0.25) is 0 Å². The molecule has 5 rings (SSSR count). The maximum absolute atomic E-state index is 14.5. The van der Waals surface area contributed by atoms with Crippen molar-refractivity contribution in [3.63, 3.8) is 0 Å². The summed E-state index contributed by atoms with van der Waals surface area (Å²) in [6, 6.07) is 10.1. The molecule has 1 aliphatic rings. The van der Waals surface area contributed by atoms with Crippen LogP contribution >= 0.6 is 0 Å². The Morgan fingerprint density at radius 2 is 1.85 bits per heavy atom. The van der Waals surface area contributed by atoms with Gasteiger partial charge < -0.3 is 9.15 Å². The van der Waals surface area contributed by atoms with Crippen molar-refractivity contribution in [3.05, 3.63) is 94.3 Å². The molecule has 1 atom stereocenters. The predicted octanol–water partition coefficient (Wildman–Crippen LogP) is 4.92. The van der Waals surface area contributed by atoms with E-state index in [4.69, 9.17) is 9.15 Å². The fourth-order valence-corrected chi connectivity index (χ4v) is 5.73. The molecule has 0 spiro atoms. The molecule has 0 bridgehead atoms. The molecule has 0 fully saturated rings. The average molecular weight is 567 g/mol. The average Bonchev–Trinajstić information content (AvgIpc) is 3.32. The number of rotatable bonds is 6. The molecule has 0 saturated heterocycles. The molecule has 0 saturated carbocycles. The molecule has 1 aromatic heterocycles. The van der Waals surface area contributed by atoms with Crippen LogP contribution in [-0.2, 0) is 22.6 Å². The van der Waals surface area contributed by atoms with Crippen molar-refractivity contribution in [1.82, 2.24) is 10.2 Å². The molecule has 0 amide bonds. The van der Waals surface area contributed by atoms with Gasteiger partial charge in [0.1, 0.15) is 23.5 Å². The van der Waals surface area contributed by atoms with Crippen LogP contribution in [0.1, 0.15) is 17.9 Å². The maximum Gasteiger partial charge on any atom is 0.434 e. The molecule has 0 radical (unpaired) electrons. The zero-order valence-corrected chi connectivity index (χ0v) is 20.5. The minimum absolute atomic E-state index is 0.0471. The van der Waals surface area contributed by atoms with Crippen molar-refractivity contribution < 1.29 is 39.5 Å². The third-order valence-electron chi connectivity index (χ3n) is 6.04. The van der Waals surface area contributed by atoms with Gasteiger partial charge in [0.25, 0.3) is 10.0 Å². The number of aromatic nitrogens is 2. The van der Waals surface area contributed by atoms with Gasteiger partial charge in [-0.1, -0.05) is 12.1 Å². The van der Waals surface area contributed by atoms with E-state index >= 15 is 0 Å². The monoisotopic (exact) mass is 567 g/mol. The summed E-state index contributed by atoms with van der Waals surface area (Å²) in [4.78, 5) is 10.6. The molecule has 4 aromatic rings. The van der Waals surface area contributed by atoms with Gasteiger partial charge in [0, 0.05) is 12.0 Å². The Hall–Kier alpha value is -4.20. The first-order valence-electron chi connectivity index (χ1n) is 11.4. The normalized spacial score (nSPS) is 15.6. The van der Waals surface area contributed by atoms with Gasteiger partial charge in [0.15, 0.2) is 0 Å². The second-order valence-corrected chi connectivity index (χ2v) is 10.5. The van der Waals surface area contributed by atoms with Gasteiger partial charge in [0.05, 0.1) is 22.7 Å². The lowest BCUT2D eigenvalue weighted by molar-refractivity contribution is -0.137. The number of nitrogens with one attached hydrogen (secondary N) is 1. The topological polar surface area (TPSA) is 106 Å². The fraction of sp³-hybridized carbons (Fsp3) is 0.200. The summed E-state index contributed by atoms with van der Waals surface area (Å²) in [5.74, 6) is -2.16. The van der Waals surface area contributed by atoms with Crippen molar-refractivity contribution in [2.75, 3.05) is 10.8 Å². The van der Waals surface area contributed by atoms with Crippen molar-refractivity contribution >= 4 is 15.7 Å². The summed E-state index contributed by atoms with van der Waals surface area (Å²) in [5, 5.41) is 5.79. The number of alkyl halides is 3. The molecule has 39 heavy (non-hydrogen) atoms. The Bertz CT molecular complexity index is 1700. The minimum atomic E-state index is -4.79. The van der Waals surface area contributed by atoms with E-state index in [9.17, 15) is 35.2 Å². The first-order chi connectivity index (χ1) is 18.4. The quantitative estimate of drug-likeness (QED) is 0.332. The smallest absolute Gasteiger partial charge is 0.434 e. The number of sulfonamides is 1. The number of fused-ring (bicyclic) bond motifs is 1. The predicted molar refractivity (Wildman–Crippen MR) is 128 cm³/mol. The summed E-state index contributed by atoms with van der Waals surface area (Å²) >= 11 is 0. The molecular weight excluding hydrogens is 549 g/mol. The number of nitrogens with zero attached hydrogens (tertiary/aromatic N) is 2. The molecule has 8 nitrogen and oxygen atoms in total. The highest BCUT2D eigenvalue weighted by Gasteiger charge is 2.37. The van der Waals surface area contributed by atoms with E-state index in [1.54, 1.807) is 0 Å². The summed E-state index contributed by atoms with van der Waals surface area (Å²) in [6.45, 7) is -0.338. The first kappa shape index (κ1) is 26.4. The lowest BCUT2D eigenvalue weighted by Gasteiger charge is -2.36. The van der Waals surface area contributed by atoms with Crippen LogP contribution in [0.25, 0.3) is 11.1 Å². The molecule has 1 aliphatic heterocycles. The Morgan fingerprint density at radius 3 is 2.56 bits per heavy atom. The van der Waals surface area contributed by atoms with Crippen LogP contribution in [0.4, 0.5) is 27.6 Å². The van der Waals surface area contributed by atoms with Gasteiger partial charge in [-0.05, 0) is 60.5 Å². The molecule has 1 N–H and O–H groups in total. The van der Waals surface area contributed by atoms with Gasteiger partial charge in [-0.2, -0.15) is 13.2 Å². The van der Waals surface area contributed by atoms with Gasteiger partial charge in [-0.15, -0.1) is 5.10 Å². The van der Waals surface area contributed by atoms with Gasteiger partial charge in [0.2, 0.25) is 5.89 Å². The van der Waals surface area contributed by atoms with E-state index in [-0.39, 0.29) is 47.8 Å². The van der Waals surface area contributed by atoms with E-state index in [0.717, 1.165) is 40.7 Å². The van der Waals surface area contributed by atoms with E-state index in [1.807, 2.05) is 0 Å². The Kier molecular flexibility index (Phi) is 6.66. The Morgan fingerprint density at radius 1 is 1.05 bits per heavy atom. The third-order valence-corrected chi connectivity index (χ3v) is 7.82. The molecule has 0 aliphatic carbocycles. The second kappa shape index (κ2) is 9.84. The molecule has 0 unspecified atom stereocenters. The highest BCUT2D eigenvalue weighted by molar-refractivity contribution is 7.92. The highest BCUT2D eigenvalue weighted by atomic mass is 32.2. The van der Waals surface area contributed by atoms with Crippen molar-refractivity contribution in [1.29, 1.82) is 0 Å². The Balaban J connectivity index is 1.57. The summed E-state index contributed by atoms with van der Waals surface area (Å²) in [6.07, 6.45) is -5.39. The number of H-pyrrole nitrogens is 1. The first-order valence-corrected chi connectivity index (χ1v) is 12.9. The van der Waals surface area contributed by atoms with Crippen LogP contribution in [0.5, 0.6) is 5.75 Å². The van der Waals surface area contributed by atoms with Crippen LogP contribution in [0.15, 0.2) is 74.8 Å². The van der Waals surface area contributed by atoms with Gasteiger partial charge >= 0.3 is 11.9 Å². The van der Waals surface area contributed by atoms with E-state index in [0.29, 0.717) is 6.07 Å². The fourth-order valence-electron chi connectivity index (χ4n) is 4.19. The summed E-state index contributed by atoms with van der Waals surface area (Å²) in [7, 11) is -4.60. The third kappa shape index (κ3) is 5.37. The van der Waals surface area contributed by atoms with E-state index < -0.39 is 50.2 Å². The largest absolute Gasteiger partial charge is 0.486 e.